The molecule has 4 heteroatoms. The van der Waals surface area contributed by atoms with Crippen LogP contribution in [0.3, 0.4) is 0 Å². The minimum Gasteiger partial charge on any atom is -0.351 e. The third-order valence-electron chi connectivity index (χ3n) is 0.769. The summed E-state index contributed by atoms with van der Waals surface area (Å²) in [5.74, 6) is 0.513. The average Bonchev–Trinajstić information content (AvgIpc) is 1.84. The lowest BCUT2D eigenvalue weighted by atomic mass is 10.7. The molecule has 2 N–H and O–H groups in total. The van der Waals surface area contributed by atoms with E-state index in [1.165, 1.54) is 0 Å². The van der Waals surface area contributed by atoms with E-state index in [1.54, 1.807) is 4.90 Å². The van der Waals surface area contributed by atoms with Crippen LogP contribution in [0.5, 0.6) is 0 Å². The molecule has 0 aliphatic heterocycles. The molecule has 0 radical (unpaired) electrons. The number of rotatable bonds is 3. The third-order valence-corrected chi connectivity index (χ3v) is 1.79. The molecule has 0 saturated heterocycles. The van der Waals surface area contributed by atoms with E-state index in [-0.39, 0.29) is 0 Å². The van der Waals surface area contributed by atoms with Gasteiger partial charge >= 0.3 is 0 Å². The highest BCUT2D eigenvalue weighted by molar-refractivity contribution is 14.1. The smallest absolute Gasteiger partial charge is 0.118 e. The van der Waals surface area contributed by atoms with Crippen molar-refractivity contribution < 1.29 is 5.21 Å². The van der Waals surface area contributed by atoms with Gasteiger partial charge in [0, 0.05) is 7.05 Å². The molecule has 0 amide bonds. The molecule has 0 unspecified atom stereocenters. The highest BCUT2D eigenvalue weighted by Gasteiger charge is 1.93. The van der Waals surface area contributed by atoms with E-state index in [9.17, 15) is 0 Å². The monoisotopic (exact) mass is 228 g/mol. The maximum absolute atomic E-state index is 8.24. The van der Waals surface area contributed by atoms with Crippen LogP contribution in [0.25, 0.3) is 0 Å². The second-order valence-electron chi connectivity index (χ2n) is 1.38. The standard InChI is InChI=1S/C4H9IN2O/c1-4(6-8)7(2)3-5/h6,8H,1,3H2,2H3. The normalized spacial score (nSPS) is 8.38. The number of hydrogen-bond donors (Lipinski definition) is 2. The summed E-state index contributed by atoms with van der Waals surface area (Å²) in [6.07, 6.45) is 0. The van der Waals surface area contributed by atoms with Gasteiger partial charge in [-0.25, -0.2) is 0 Å². The van der Waals surface area contributed by atoms with Crippen LogP contribution >= 0.6 is 22.6 Å². The van der Waals surface area contributed by atoms with E-state index < -0.39 is 0 Å². The van der Waals surface area contributed by atoms with Crippen LogP contribution in [0.2, 0.25) is 0 Å². The van der Waals surface area contributed by atoms with Crippen LogP contribution in [-0.4, -0.2) is 21.7 Å². The fourth-order valence-electron chi connectivity index (χ4n) is 0.157. The Balaban J connectivity index is 3.46. The summed E-state index contributed by atoms with van der Waals surface area (Å²) in [7, 11) is 1.83. The number of halogens is 1. The van der Waals surface area contributed by atoms with Crippen molar-refractivity contribution in [2.75, 3.05) is 11.6 Å². The van der Waals surface area contributed by atoms with E-state index >= 15 is 0 Å². The van der Waals surface area contributed by atoms with E-state index in [2.05, 4.69) is 29.2 Å². The number of alkyl halides is 1. The van der Waals surface area contributed by atoms with Gasteiger partial charge in [0.1, 0.15) is 5.82 Å². The zero-order valence-electron chi connectivity index (χ0n) is 4.69. The molecule has 0 aliphatic rings. The Kier molecular flexibility index (Phi) is 3.98. The molecule has 0 aromatic carbocycles. The summed E-state index contributed by atoms with van der Waals surface area (Å²) >= 11 is 2.17. The molecule has 0 aromatic rings. The summed E-state index contributed by atoms with van der Waals surface area (Å²) < 4.78 is 0.810. The highest BCUT2D eigenvalue weighted by atomic mass is 127. The predicted molar refractivity (Wildman–Crippen MR) is 40.7 cm³/mol. The van der Waals surface area contributed by atoms with Crippen LogP contribution in [0.4, 0.5) is 0 Å². The molecule has 0 aromatic heterocycles. The Morgan fingerprint density at radius 3 is 2.62 bits per heavy atom. The first-order valence-electron chi connectivity index (χ1n) is 2.08. The summed E-state index contributed by atoms with van der Waals surface area (Å²) in [6.45, 7) is 3.50. The molecule has 48 valence electrons. The van der Waals surface area contributed by atoms with E-state index in [0.717, 1.165) is 4.55 Å². The zero-order valence-corrected chi connectivity index (χ0v) is 6.84. The lowest BCUT2D eigenvalue weighted by Crippen LogP contribution is -2.23. The third kappa shape index (κ3) is 2.37. The van der Waals surface area contributed by atoms with Gasteiger partial charge in [-0.15, -0.1) is 0 Å². The maximum atomic E-state index is 8.24. The molecule has 0 heterocycles. The Morgan fingerprint density at radius 2 is 2.50 bits per heavy atom. The van der Waals surface area contributed by atoms with Crippen LogP contribution in [0.15, 0.2) is 12.4 Å². The number of nitrogens with zero attached hydrogens (tertiary/aromatic N) is 1. The van der Waals surface area contributed by atoms with Crippen molar-refractivity contribution in [2.45, 2.75) is 0 Å². The molecule has 0 spiro atoms. The molecule has 0 rings (SSSR count). The van der Waals surface area contributed by atoms with Crippen molar-refractivity contribution in [3.05, 3.63) is 12.4 Å². The van der Waals surface area contributed by atoms with E-state index in [1.807, 2.05) is 12.5 Å². The van der Waals surface area contributed by atoms with Crippen molar-refractivity contribution in [2.24, 2.45) is 0 Å². The van der Waals surface area contributed by atoms with Crippen molar-refractivity contribution >= 4 is 22.6 Å². The van der Waals surface area contributed by atoms with Gasteiger partial charge in [0.2, 0.25) is 0 Å². The Labute approximate surface area is 62.5 Å². The van der Waals surface area contributed by atoms with Gasteiger partial charge in [-0.05, 0) is 0 Å². The second kappa shape index (κ2) is 3.96. The molecule has 0 bridgehead atoms. The first kappa shape index (κ1) is 8.03. The van der Waals surface area contributed by atoms with Crippen LogP contribution in [0, 0.1) is 0 Å². The molecule has 0 atom stereocenters. The Bertz CT molecular complexity index is 86.1. The highest BCUT2D eigenvalue weighted by Crippen LogP contribution is 1.94. The van der Waals surface area contributed by atoms with Crippen molar-refractivity contribution in [1.29, 1.82) is 0 Å². The molecule has 0 fully saturated rings. The largest absolute Gasteiger partial charge is 0.351 e. The SMILES string of the molecule is C=C(NO)N(C)CI. The van der Waals surface area contributed by atoms with Gasteiger partial charge in [-0.3, -0.25) is 10.7 Å². The fourth-order valence-corrected chi connectivity index (χ4v) is 0.569. The van der Waals surface area contributed by atoms with Gasteiger partial charge < -0.3 is 4.90 Å². The van der Waals surface area contributed by atoms with Gasteiger partial charge in [-0.1, -0.05) is 29.2 Å². The Hall–Kier alpha value is 0.0300. The fraction of sp³-hybridized carbons (Fsp3) is 0.500. The van der Waals surface area contributed by atoms with Gasteiger partial charge in [0.05, 0.1) is 4.55 Å². The number of hydroxylamine groups is 1. The average molecular weight is 228 g/mol. The molecular weight excluding hydrogens is 219 g/mol. The minimum absolute atomic E-state index is 0.513. The quantitative estimate of drug-likeness (QED) is 0.324. The van der Waals surface area contributed by atoms with E-state index in [0.29, 0.717) is 5.82 Å². The molecule has 3 nitrogen and oxygen atoms in total. The topological polar surface area (TPSA) is 35.5 Å². The zero-order chi connectivity index (χ0) is 6.57. The van der Waals surface area contributed by atoms with E-state index in [4.69, 9.17) is 5.21 Å². The van der Waals surface area contributed by atoms with Crippen LogP contribution in [0.1, 0.15) is 0 Å². The Morgan fingerprint density at radius 1 is 2.00 bits per heavy atom. The summed E-state index contributed by atoms with van der Waals surface area (Å²) in [6, 6.07) is 0. The lowest BCUT2D eigenvalue weighted by Gasteiger charge is -2.15. The number of hydrogen-bond acceptors (Lipinski definition) is 3. The number of nitrogens with one attached hydrogen (secondary N) is 1. The van der Waals surface area contributed by atoms with Gasteiger partial charge in [-0.2, -0.15) is 0 Å². The van der Waals surface area contributed by atoms with Crippen molar-refractivity contribution in [1.82, 2.24) is 10.4 Å². The lowest BCUT2D eigenvalue weighted by molar-refractivity contribution is 0.168. The molecular formula is C4H9IN2O. The van der Waals surface area contributed by atoms with Gasteiger partial charge in [0.15, 0.2) is 0 Å². The van der Waals surface area contributed by atoms with Gasteiger partial charge in [0.25, 0.3) is 0 Å². The maximum Gasteiger partial charge on any atom is 0.118 e. The molecule has 0 aliphatic carbocycles. The first-order valence-corrected chi connectivity index (χ1v) is 3.61. The van der Waals surface area contributed by atoms with Crippen LogP contribution < -0.4 is 5.48 Å². The summed E-state index contributed by atoms with van der Waals surface area (Å²) in [5, 5.41) is 8.24. The summed E-state index contributed by atoms with van der Waals surface area (Å²) in [5.41, 5.74) is 1.94. The molecule has 0 saturated carbocycles. The summed E-state index contributed by atoms with van der Waals surface area (Å²) in [4.78, 5) is 1.78. The predicted octanol–water partition coefficient (Wildman–Crippen LogP) is 0.761. The first-order chi connectivity index (χ1) is 3.72. The van der Waals surface area contributed by atoms with Crippen molar-refractivity contribution in [3.8, 4) is 0 Å². The minimum atomic E-state index is 0.513. The van der Waals surface area contributed by atoms with Crippen LogP contribution in [-0.2, 0) is 0 Å². The second-order valence-corrected chi connectivity index (χ2v) is 2.06. The van der Waals surface area contributed by atoms with Crippen molar-refractivity contribution in [3.63, 3.8) is 0 Å². The molecule has 8 heavy (non-hydrogen) atoms.